The summed E-state index contributed by atoms with van der Waals surface area (Å²) in [5, 5.41) is 2.71. The Kier molecular flexibility index (Phi) is 11.5. The van der Waals surface area contributed by atoms with Crippen molar-refractivity contribution in [2.45, 2.75) is 42.2 Å². The first-order valence-corrected chi connectivity index (χ1v) is 5.10. The van der Waals surface area contributed by atoms with Crippen LogP contribution >= 0.6 is 0 Å². The maximum atomic E-state index is 11.6. The largest absolute Gasteiger partial charge is 0.304 e. The first kappa shape index (κ1) is 21.8. The van der Waals surface area contributed by atoms with Crippen molar-refractivity contribution < 1.29 is 9.59 Å². The van der Waals surface area contributed by atoms with Crippen LogP contribution in [0.5, 0.6) is 0 Å². The fraction of sp³-hybridized carbons (Fsp3) is 0.467. The van der Waals surface area contributed by atoms with Crippen LogP contribution in [0.4, 0.5) is 0 Å². The summed E-state index contributed by atoms with van der Waals surface area (Å²) >= 11 is 0. The molecular weight excluding hydrogens is 226 g/mol. The minimum atomic E-state index is -0.669. The highest BCUT2D eigenvalue weighted by atomic mass is 16.2. The number of carbonyl (C=O) groups excluding carboxylic acids is 2. The number of hydrogen-bond acceptors (Lipinski definition) is 3. The third-order valence-corrected chi connectivity index (χ3v) is 2.27. The van der Waals surface area contributed by atoms with Crippen LogP contribution in [-0.2, 0) is 0 Å². The first-order valence-electron chi connectivity index (χ1n) is 5.10. The maximum absolute atomic E-state index is 11.6. The van der Waals surface area contributed by atoms with E-state index in [9.17, 15) is 9.59 Å². The zero-order valence-electron chi connectivity index (χ0n) is 9.20. The smallest absolute Gasteiger partial charge is 0.188 e. The molecule has 3 nitrogen and oxygen atoms in total. The van der Waals surface area contributed by atoms with E-state index >= 15 is 0 Å². The lowest BCUT2D eigenvalue weighted by Gasteiger charge is -2.01. The Labute approximate surface area is 112 Å². The van der Waals surface area contributed by atoms with Crippen LogP contribution in [0.2, 0.25) is 0 Å². The molecule has 1 N–H and O–H groups in total. The second-order valence-corrected chi connectivity index (χ2v) is 3.00. The van der Waals surface area contributed by atoms with Crippen LogP contribution in [-0.4, -0.2) is 24.7 Å². The molecule has 0 spiro atoms. The quantitative estimate of drug-likeness (QED) is 0.778. The summed E-state index contributed by atoms with van der Waals surface area (Å²) in [6.07, 6.45) is 0. The summed E-state index contributed by atoms with van der Waals surface area (Å²) < 4.78 is 0. The van der Waals surface area contributed by atoms with Gasteiger partial charge in [0, 0.05) is 11.1 Å². The molecule has 1 aliphatic rings. The number of fused-ring (bicyclic) bond motifs is 1. The Hall–Kier alpha value is -1.48. The fourth-order valence-corrected chi connectivity index (χ4v) is 1.61. The molecule has 0 saturated heterocycles. The number of nitrogens with one attached hydrogen (secondary N) is 1. The molecule has 0 atom stereocenters. The number of Topliss-reactive ketones (excluding diaryl/α,β-unsaturated/α-hetero) is 2. The van der Waals surface area contributed by atoms with E-state index in [1.54, 1.807) is 31.3 Å². The maximum Gasteiger partial charge on any atom is 0.188 e. The minimum absolute atomic E-state index is 0. The fourth-order valence-electron chi connectivity index (χ4n) is 1.61. The van der Waals surface area contributed by atoms with Crippen molar-refractivity contribution in [2.24, 2.45) is 0 Å². The average molecular weight is 253 g/mol. The van der Waals surface area contributed by atoms with Gasteiger partial charge in [-0.05, 0) is 7.05 Å². The van der Waals surface area contributed by atoms with Crippen LogP contribution < -0.4 is 5.32 Å². The van der Waals surface area contributed by atoms with Crippen molar-refractivity contribution in [3.8, 4) is 0 Å². The van der Waals surface area contributed by atoms with Crippen LogP contribution in [0.15, 0.2) is 24.3 Å². The highest BCUT2D eigenvalue weighted by Gasteiger charge is 2.36. The van der Waals surface area contributed by atoms with Gasteiger partial charge >= 0.3 is 0 Å². The Morgan fingerprint density at radius 3 is 1.50 bits per heavy atom. The Bertz CT molecular complexity index is 351. The van der Waals surface area contributed by atoms with Gasteiger partial charge in [0.1, 0.15) is 6.04 Å². The van der Waals surface area contributed by atoms with Crippen LogP contribution in [0.3, 0.4) is 0 Å². The minimum Gasteiger partial charge on any atom is -0.304 e. The van der Waals surface area contributed by atoms with Crippen molar-refractivity contribution in [3.63, 3.8) is 0 Å². The molecule has 0 radical (unpaired) electrons. The van der Waals surface area contributed by atoms with E-state index in [2.05, 4.69) is 5.32 Å². The van der Waals surface area contributed by atoms with Crippen LogP contribution in [0.25, 0.3) is 0 Å². The highest BCUT2D eigenvalue weighted by Crippen LogP contribution is 2.21. The molecule has 0 amide bonds. The number of likely N-dealkylation sites (N-methyl/N-ethyl adjacent to an activating group) is 1. The summed E-state index contributed by atoms with van der Waals surface area (Å²) in [7, 11) is 1.62. The van der Waals surface area contributed by atoms with E-state index < -0.39 is 6.04 Å². The molecular formula is C15H27NO2. The summed E-state index contributed by atoms with van der Waals surface area (Å²) in [6, 6.07) is 6.24. The predicted octanol–water partition coefficient (Wildman–Crippen LogP) is 3.59. The van der Waals surface area contributed by atoms with Gasteiger partial charge < -0.3 is 5.32 Å². The van der Waals surface area contributed by atoms with E-state index in [4.69, 9.17) is 0 Å². The molecule has 0 saturated carbocycles. The number of ketones is 2. The van der Waals surface area contributed by atoms with Crippen LogP contribution in [0.1, 0.15) is 56.8 Å². The predicted molar refractivity (Wildman–Crippen MR) is 79.5 cm³/mol. The van der Waals surface area contributed by atoms with Gasteiger partial charge in [-0.2, -0.15) is 0 Å². The van der Waals surface area contributed by atoms with E-state index in [1.165, 1.54) is 0 Å². The van der Waals surface area contributed by atoms with Gasteiger partial charge in [0.25, 0.3) is 0 Å². The number of rotatable bonds is 1. The van der Waals surface area contributed by atoms with Gasteiger partial charge in [0.05, 0.1) is 0 Å². The second-order valence-electron chi connectivity index (χ2n) is 3.00. The molecule has 0 fully saturated rings. The zero-order valence-corrected chi connectivity index (χ0v) is 9.20. The third-order valence-electron chi connectivity index (χ3n) is 2.27. The van der Waals surface area contributed by atoms with Gasteiger partial charge in [0.15, 0.2) is 11.6 Å². The molecule has 0 unspecified atom stereocenters. The molecule has 2 rings (SSSR count). The van der Waals surface area contributed by atoms with E-state index in [-0.39, 0.29) is 33.8 Å². The SMILES string of the molecule is C.C.C.CC.CNC1C(=O)c2ccccc2C1=O. The van der Waals surface area contributed by atoms with Crippen molar-refractivity contribution in [1.29, 1.82) is 0 Å². The number of hydrogen-bond donors (Lipinski definition) is 1. The standard InChI is InChI=1S/C10H9NO2.C2H6.3CH4/c1-11-8-9(12)6-4-2-3-5-7(6)10(8)13;1-2;;;/h2-5,8,11H,1H3;1-2H3;3*1H4. The van der Waals surface area contributed by atoms with E-state index in [0.29, 0.717) is 11.1 Å². The monoisotopic (exact) mass is 253 g/mol. The molecule has 0 aliphatic heterocycles. The summed E-state index contributed by atoms with van der Waals surface area (Å²) in [6.45, 7) is 4.00. The van der Waals surface area contributed by atoms with Crippen molar-refractivity contribution in [2.75, 3.05) is 7.05 Å². The Balaban J connectivity index is -0.000000429. The normalized spacial score (nSPS) is 12.2. The van der Waals surface area contributed by atoms with E-state index in [1.807, 2.05) is 13.8 Å². The molecule has 1 aromatic rings. The Morgan fingerprint density at radius 2 is 1.22 bits per heavy atom. The molecule has 104 valence electrons. The second kappa shape index (κ2) is 9.54. The summed E-state index contributed by atoms with van der Waals surface area (Å²) in [5.74, 6) is -0.244. The average Bonchev–Trinajstić information content (AvgIpc) is 2.55. The molecule has 0 heterocycles. The lowest BCUT2D eigenvalue weighted by atomic mass is 10.1. The molecule has 0 aromatic heterocycles. The number of carbonyl (C=O) groups is 2. The van der Waals surface area contributed by atoms with Crippen molar-refractivity contribution >= 4 is 11.6 Å². The topological polar surface area (TPSA) is 46.2 Å². The molecule has 1 aromatic carbocycles. The number of benzene rings is 1. The molecule has 1 aliphatic carbocycles. The van der Waals surface area contributed by atoms with Crippen molar-refractivity contribution in [3.05, 3.63) is 35.4 Å². The third kappa shape index (κ3) is 3.50. The van der Waals surface area contributed by atoms with Gasteiger partial charge in [-0.15, -0.1) is 0 Å². The molecule has 3 heteroatoms. The van der Waals surface area contributed by atoms with E-state index in [0.717, 1.165) is 0 Å². The Morgan fingerprint density at radius 1 is 0.889 bits per heavy atom. The van der Waals surface area contributed by atoms with Gasteiger partial charge in [0.2, 0.25) is 0 Å². The first-order chi connectivity index (χ1) is 7.25. The summed E-state index contributed by atoms with van der Waals surface area (Å²) in [4.78, 5) is 23.1. The molecule has 18 heavy (non-hydrogen) atoms. The van der Waals surface area contributed by atoms with Gasteiger partial charge in [-0.1, -0.05) is 60.4 Å². The van der Waals surface area contributed by atoms with Crippen LogP contribution in [0, 0.1) is 0 Å². The lowest BCUT2D eigenvalue weighted by molar-refractivity contribution is 0.0874. The van der Waals surface area contributed by atoms with Crippen molar-refractivity contribution in [1.82, 2.24) is 5.32 Å². The summed E-state index contributed by atoms with van der Waals surface area (Å²) in [5.41, 5.74) is 1.07. The molecule has 0 bridgehead atoms. The van der Waals surface area contributed by atoms with Gasteiger partial charge in [-0.3, -0.25) is 9.59 Å². The van der Waals surface area contributed by atoms with Gasteiger partial charge in [-0.25, -0.2) is 0 Å². The zero-order chi connectivity index (χ0) is 11.4. The highest BCUT2D eigenvalue weighted by molar-refractivity contribution is 6.29. The lowest BCUT2D eigenvalue weighted by Crippen LogP contribution is -2.35.